The average Bonchev–Trinajstić information content (AvgIpc) is 3.42. The molecule has 0 spiro atoms. The first kappa shape index (κ1) is 29.7. The Kier molecular flexibility index (Phi) is 17.5. The predicted molar refractivity (Wildman–Crippen MR) is 156 cm³/mol. The number of nitrogens with zero attached hydrogens (tertiary/aromatic N) is 2. The van der Waals surface area contributed by atoms with Crippen LogP contribution in [0.2, 0.25) is 0 Å². The average molecular weight is 480 g/mol. The minimum absolute atomic E-state index is 0.500. The zero-order valence-corrected chi connectivity index (χ0v) is 23.2. The van der Waals surface area contributed by atoms with Gasteiger partial charge >= 0.3 is 0 Å². The Morgan fingerprint density at radius 1 is 0.571 bits per heavy atom. The van der Waals surface area contributed by atoms with Crippen molar-refractivity contribution in [1.29, 1.82) is 0 Å². The lowest BCUT2D eigenvalue weighted by Crippen LogP contribution is -2.22. The second-order valence-electron chi connectivity index (χ2n) is 10.9. The van der Waals surface area contributed by atoms with E-state index < -0.39 is 0 Å². The molecule has 0 bridgehead atoms. The van der Waals surface area contributed by atoms with E-state index in [9.17, 15) is 0 Å². The van der Waals surface area contributed by atoms with Crippen LogP contribution in [0.25, 0.3) is 0 Å². The molecule has 0 amide bonds. The van der Waals surface area contributed by atoms with Crippen molar-refractivity contribution < 1.29 is 0 Å². The van der Waals surface area contributed by atoms with Crippen molar-refractivity contribution >= 4 is 12.4 Å². The summed E-state index contributed by atoms with van der Waals surface area (Å²) in [7, 11) is 0. The smallest absolute Gasteiger partial charge is 0.0965 e. The Morgan fingerprint density at radius 2 is 1.03 bits per heavy atom. The molecular weight excluding hydrogens is 424 g/mol. The summed E-state index contributed by atoms with van der Waals surface area (Å²) in [4.78, 5) is 9.39. The van der Waals surface area contributed by atoms with Crippen molar-refractivity contribution in [3.8, 4) is 0 Å². The standard InChI is InChI=1S/C33H55N2/c1-3-5-7-9-10-11-12-13-14-15-16-17-22-26-32(33-34-27-28-35-33)31(25-21-8-6-4-2)29-30-23-19-18-20-24-30/h18-20,23-24,27-28,31-32H,3-17,21-22,25-26,29H2,1-2H3/q+1. The quantitative estimate of drug-likeness (QED) is 0.110. The molecule has 1 heterocycles. The first-order valence-electron chi connectivity index (χ1n) is 15.3. The number of aliphatic imine (C=N–C) groups is 2. The highest BCUT2D eigenvalue weighted by Gasteiger charge is 2.35. The van der Waals surface area contributed by atoms with Crippen molar-refractivity contribution in [3.63, 3.8) is 0 Å². The lowest BCUT2D eigenvalue weighted by atomic mass is 9.78. The van der Waals surface area contributed by atoms with Gasteiger partial charge in [0.15, 0.2) is 12.4 Å². The third kappa shape index (κ3) is 13.9. The predicted octanol–water partition coefficient (Wildman–Crippen LogP) is 10.6. The van der Waals surface area contributed by atoms with Crippen LogP contribution in [0, 0.1) is 18.0 Å². The number of hydrogen-bond donors (Lipinski definition) is 0. The maximum atomic E-state index is 4.69. The zero-order valence-electron chi connectivity index (χ0n) is 23.2. The van der Waals surface area contributed by atoms with Crippen LogP contribution in [-0.2, 0) is 6.42 Å². The minimum Gasteiger partial charge on any atom is -0.0965 e. The summed E-state index contributed by atoms with van der Waals surface area (Å²) >= 11 is 0. The highest BCUT2D eigenvalue weighted by atomic mass is 15.0. The molecule has 0 aliphatic carbocycles. The maximum absolute atomic E-state index is 4.69. The summed E-state index contributed by atoms with van der Waals surface area (Å²) in [6.07, 6.45) is 32.3. The molecule has 0 N–H and O–H groups in total. The normalized spacial score (nSPS) is 14.6. The molecule has 1 aromatic carbocycles. The van der Waals surface area contributed by atoms with Crippen LogP contribution in [0.1, 0.15) is 141 Å². The Morgan fingerprint density at radius 3 is 1.57 bits per heavy atom. The SMILES string of the molecule is CCCCCCCCCCCCCCCC([C+]1N=CC=N1)C(CCCCCC)Cc1ccccc1. The van der Waals surface area contributed by atoms with E-state index in [2.05, 4.69) is 44.2 Å². The van der Waals surface area contributed by atoms with Gasteiger partial charge in [-0.2, -0.15) is 0 Å². The van der Waals surface area contributed by atoms with Gasteiger partial charge in [0.1, 0.15) is 0 Å². The first-order valence-corrected chi connectivity index (χ1v) is 15.3. The third-order valence-corrected chi connectivity index (χ3v) is 7.77. The van der Waals surface area contributed by atoms with E-state index in [0.29, 0.717) is 11.8 Å². The van der Waals surface area contributed by atoms with Crippen LogP contribution in [0.5, 0.6) is 0 Å². The third-order valence-electron chi connectivity index (χ3n) is 7.77. The molecule has 1 aromatic rings. The van der Waals surface area contributed by atoms with E-state index in [0.717, 1.165) is 12.6 Å². The van der Waals surface area contributed by atoms with Gasteiger partial charge in [-0.3, -0.25) is 0 Å². The Labute approximate surface area is 218 Å². The van der Waals surface area contributed by atoms with Gasteiger partial charge in [0.05, 0.1) is 5.92 Å². The summed E-state index contributed by atoms with van der Waals surface area (Å²) in [5, 5.41) is 0. The van der Waals surface area contributed by atoms with Gasteiger partial charge < -0.3 is 0 Å². The summed E-state index contributed by atoms with van der Waals surface area (Å²) in [6.45, 7) is 4.60. The fourth-order valence-electron chi connectivity index (χ4n) is 5.60. The van der Waals surface area contributed by atoms with Crippen LogP contribution in [-0.4, -0.2) is 12.4 Å². The van der Waals surface area contributed by atoms with Crippen molar-refractivity contribution in [3.05, 3.63) is 42.1 Å². The van der Waals surface area contributed by atoms with Crippen molar-refractivity contribution in [1.82, 2.24) is 0 Å². The van der Waals surface area contributed by atoms with Gasteiger partial charge in [-0.15, -0.1) is 0 Å². The first-order chi connectivity index (χ1) is 17.3. The molecule has 0 saturated heterocycles. The molecule has 0 radical (unpaired) electrons. The highest BCUT2D eigenvalue weighted by molar-refractivity contribution is 6.18. The van der Waals surface area contributed by atoms with Crippen LogP contribution < -0.4 is 0 Å². The maximum Gasteiger partial charge on any atom is 0.244 e. The van der Waals surface area contributed by atoms with E-state index in [-0.39, 0.29) is 0 Å². The summed E-state index contributed by atoms with van der Waals surface area (Å²) in [5.41, 5.74) is 1.47. The Balaban J connectivity index is 1.72. The second kappa shape index (κ2) is 20.6. The molecule has 2 atom stereocenters. The van der Waals surface area contributed by atoms with Gasteiger partial charge in [0.2, 0.25) is 6.17 Å². The molecule has 2 rings (SSSR count). The fraction of sp³-hybridized carbons (Fsp3) is 0.727. The minimum atomic E-state index is 0.500. The number of hydrogen-bond acceptors (Lipinski definition) is 2. The number of unbranched alkanes of at least 4 members (excludes halogenated alkanes) is 15. The molecule has 2 heteroatoms. The van der Waals surface area contributed by atoms with Crippen molar-refractivity contribution in [2.24, 2.45) is 21.8 Å². The van der Waals surface area contributed by atoms with E-state index in [1.165, 1.54) is 128 Å². The molecule has 0 aromatic heterocycles. The second-order valence-corrected chi connectivity index (χ2v) is 10.9. The van der Waals surface area contributed by atoms with E-state index in [4.69, 9.17) is 9.98 Å². The molecule has 2 nitrogen and oxygen atoms in total. The van der Waals surface area contributed by atoms with Crippen LogP contribution in [0.15, 0.2) is 40.3 Å². The van der Waals surface area contributed by atoms with Crippen molar-refractivity contribution in [2.45, 2.75) is 142 Å². The lowest BCUT2D eigenvalue weighted by Gasteiger charge is -2.26. The molecule has 1 aliphatic heterocycles. The van der Waals surface area contributed by atoms with E-state index in [1.54, 1.807) is 0 Å². The van der Waals surface area contributed by atoms with Crippen LogP contribution >= 0.6 is 0 Å². The molecule has 2 unspecified atom stereocenters. The summed E-state index contributed by atoms with van der Waals surface area (Å²) < 4.78 is 0. The van der Waals surface area contributed by atoms with E-state index >= 15 is 0 Å². The van der Waals surface area contributed by atoms with Gasteiger partial charge in [0, 0.05) is 0 Å². The van der Waals surface area contributed by atoms with Crippen LogP contribution in [0.3, 0.4) is 0 Å². The molecule has 0 saturated carbocycles. The molecule has 35 heavy (non-hydrogen) atoms. The highest BCUT2D eigenvalue weighted by Crippen LogP contribution is 2.37. The van der Waals surface area contributed by atoms with Gasteiger partial charge in [0.25, 0.3) is 0 Å². The zero-order chi connectivity index (χ0) is 24.8. The monoisotopic (exact) mass is 479 g/mol. The summed E-state index contributed by atoms with van der Waals surface area (Å²) in [6, 6.07) is 11.1. The van der Waals surface area contributed by atoms with Gasteiger partial charge in [-0.05, 0) is 30.7 Å². The van der Waals surface area contributed by atoms with E-state index in [1.807, 2.05) is 12.4 Å². The van der Waals surface area contributed by atoms with Gasteiger partial charge in [-0.25, -0.2) is 0 Å². The van der Waals surface area contributed by atoms with Gasteiger partial charge in [-0.1, -0.05) is 163 Å². The number of benzene rings is 1. The Hall–Kier alpha value is -1.57. The lowest BCUT2D eigenvalue weighted by molar-refractivity contribution is 0.284. The van der Waals surface area contributed by atoms with Crippen LogP contribution in [0.4, 0.5) is 0 Å². The van der Waals surface area contributed by atoms with Crippen molar-refractivity contribution in [2.75, 3.05) is 0 Å². The molecule has 0 fully saturated rings. The number of rotatable bonds is 23. The largest absolute Gasteiger partial charge is 0.244 e. The molecular formula is C33H55N2+. The Bertz CT molecular complexity index is 638. The summed E-state index contributed by atoms with van der Waals surface area (Å²) in [5.74, 6) is 1.15. The fourth-order valence-corrected chi connectivity index (χ4v) is 5.60. The topological polar surface area (TPSA) is 24.7 Å². The molecule has 196 valence electrons. The molecule has 1 aliphatic rings.